The van der Waals surface area contributed by atoms with Gasteiger partial charge >= 0.3 is 0 Å². The molecule has 0 saturated carbocycles. The van der Waals surface area contributed by atoms with Crippen molar-refractivity contribution in [1.29, 1.82) is 0 Å². The van der Waals surface area contributed by atoms with E-state index in [0.717, 1.165) is 30.4 Å². The van der Waals surface area contributed by atoms with Crippen molar-refractivity contribution in [3.8, 4) is 11.5 Å². The lowest BCUT2D eigenvalue weighted by Crippen LogP contribution is -2.48. The molecule has 1 N–H and O–H groups in total. The van der Waals surface area contributed by atoms with Gasteiger partial charge in [-0.15, -0.1) is 0 Å². The predicted octanol–water partition coefficient (Wildman–Crippen LogP) is 4.78. The molecule has 0 radical (unpaired) electrons. The van der Waals surface area contributed by atoms with Crippen LogP contribution >= 0.6 is 0 Å². The Morgan fingerprint density at radius 3 is 2.64 bits per heavy atom. The topological polar surface area (TPSA) is 38.7 Å². The first-order valence-corrected chi connectivity index (χ1v) is 8.85. The maximum absolute atomic E-state index is 13.1. The van der Waals surface area contributed by atoms with Crippen LogP contribution in [0.3, 0.4) is 0 Å². The third-order valence-electron chi connectivity index (χ3n) is 5.47. The second-order valence-electron chi connectivity index (χ2n) is 7.59. The van der Waals surface area contributed by atoms with Crippen molar-refractivity contribution in [3.63, 3.8) is 0 Å². The molecule has 0 bridgehead atoms. The molecule has 0 amide bonds. The zero-order valence-corrected chi connectivity index (χ0v) is 14.5. The largest absolute Gasteiger partial charge is 0.504 e. The van der Waals surface area contributed by atoms with Gasteiger partial charge in [-0.1, -0.05) is 24.3 Å². The Labute approximate surface area is 147 Å². The number of phenols is 1. The molecule has 3 nitrogen and oxygen atoms in total. The van der Waals surface area contributed by atoms with E-state index in [-0.39, 0.29) is 29.7 Å². The Balaban J connectivity index is 1.60. The normalized spacial score (nSPS) is 27.1. The minimum absolute atomic E-state index is 0.0795. The lowest BCUT2D eigenvalue weighted by molar-refractivity contribution is -0.149. The smallest absolute Gasteiger partial charge is 0.167 e. The highest BCUT2D eigenvalue weighted by atomic mass is 19.1. The van der Waals surface area contributed by atoms with Crippen LogP contribution in [0.1, 0.15) is 43.9 Å². The Morgan fingerprint density at radius 2 is 1.88 bits per heavy atom. The van der Waals surface area contributed by atoms with E-state index in [2.05, 4.69) is 13.8 Å². The van der Waals surface area contributed by atoms with E-state index in [4.69, 9.17) is 9.47 Å². The molecule has 132 valence electrons. The molecule has 0 unspecified atom stereocenters. The number of ether oxygens (including phenoxy) is 2. The minimum atomic E-state index is -0.392. The van der Waals surface area contributed by atoms with Crippen molar-refractivity contribution >= 4 is 0 Å². The van der Waals surface area contributed by atoms with Gasteiger partial charge in [-0.25, -0.2) is 4.39 Å². The third-order valence-corrected chi connectivity index (χ3v) is 5.47. The summed E-state index contributed by atoms with van der Waals surface area (Å²) in [6, 6.07) is 12.1. The molecule has 1 fully saturated rings. The summed E-state index contributed by atoms with van der Waals surface area (Å²) < 4.78 is 25.7. The van der Waals surface area contributed by atoms with Crippen molar-refractivity contribution in [1.82, 2.24) is 0 Å². The van der Waals surface area contributed by atoms with E-state index in [1.807, 2.05) is 24.3 Å². The molecule has 1 saturated heterocycles. The predicted molar refractivity (Wildman–Crippen MR) is 93.3 cm³/mol. The van der Waals surface area contributed by atoms with Gasteiger partial charge in [0, 0.05) is 11.5 Å². The van der Waals surface area contributed by atoms with Gasteiger partial charge in [0.2, 0.25) is 0 Å². The third kappa shape index (κ3) is 2.99. The Hall–Kier alpha value is -2.07. The summed E-state index contributed by atoms with van der Waals surface area (Å²) in [5, 5.41) is 10.2. The fourth-order valence-electron chi connectivity index (χ4n) is 4.14. The summed E-state index contributed by atoms with van der Waals surface area (Å²) in [6.45, 7) is 4.12. The van der Waals surface area contributed by atoms with Crippen LogP contribution in [0.4, 0.5) is 4.39 Å². The number of fused-ring (bicyclic) bond motifs is 3. The molecule has 4 rings (SSSR count). The standard InChI is InChI=1S/C21H23FO3/c1-21(2)17-11-10-15(12-13-6-8-14(22)9-7-13)24-19(17)16-4-3-5-18(23)20(16)25-21/h3-9,15,17,19,23H,10-12H2,1-2H3/t15-,17+,19-/m1/s1. The second kappa shape index (κ2) is 6.03. The first-order chi connectivity index (χ1) is 11.9. The van der Waals surface area contributed by atoms with Gasteiger partial charge in [0.05, 0.1) is 12.2 Å². The van der Waals surface area contributed by atoms with Gasteiger partial charge in [0.1, 0.15) is 11.4 Å². The molecule has 2 aliphatic rings. The van der Waals surface area contributed by atoms with Gasteiger partial charge in [-0.3, -0.25) is 0 Å². The Morgan fingerprint density at radius 1 is 1.12 bits per heavy atom. The van der Waals surface area contributed by atoms with Crippen LogP contribution in [-0.4, -0.2) is 16.8 Å². The van der Waals surface area contributed by atoms with E-state index in [9.17, 15) is 9.50 Å². The number of hydrogen-bond acceptors (Lipinski definition) is 3. The first kappa shape index (κ1) is 16.4. The van der Waals surface area contributed by atoms with E-state index >= 15 is 0 Å². The van der Waals surface area contributed by atoms with Crippen molar-refractivity contribution in [2.45, 2.75) is 50.9 Å². The summed E-state index contributed by atoms with van der Waals surface area (Å²) in [6.07, 6.45) is 2.69. The molecule has 2 aliphatic heterocycles. The van der Waals surface area contributed by atoms with Crippen molar-refractivity contribution in [2.24, 2.45) is 5.92 Å². The van der Waals surface area contributed by atoms with Gasteiger partial charge in [0.25, 0.3) is 0 Å². The van der Waals surface area contributed by atoms with E-state index in [0.29, 0.717) is 5.75 Å². The fourth-order valence-corrected chi connectivity index (χ4v) is 4.14. The monoisotopic (exact) mass is 342 g/mol. The zero-order valence-electron chi connectivity index (χ0n) is 14.5. The lowest BCUT2D eigenvalue weighted by atomic mass is 9.75. The molecule has 2 heterocycles. The van der Waals surface area contributed by atoms with Crippen LogP contribution in [0.2, 0.25) is 0 Å². The highest BCUT2D eigenvalue weighted by Gasteiger charge is 2.48. The molecule has 2 aromatic carbocycles. The highest BCUT2D eigenvalue weighted by molar-refractivity contribution is 5.49. The summed E-state index contributed by atoms with van der Waals surface area (Å²) in [7, 11) is 0. The van der Waals surface area contributed by atoms with Crippen LogP contribution in [0.25, 0.3) is 0 Å². The van der Waals surface area contributed by atoms with Gasteiger partial charge in [-0.05, 0) is 56.9 Å². The second-order valence-corrected chi connectivity index (χ2v) is 7.59. The molecular weight excluding hydrogens is 319 g/mol. The molecule has 2 aromatic rings. The van der Waals surface area contributed by atoms with Crippen molar-refractivity contribution in [2.75, 3.05) is 0 Å². The fraction of sp³-hybridized carbons (Fsp3) is 0.429. The van der Waals surface area contributed by atoms with E-state index < -0.39 is 5.60 Å². The Bertz CT molecular complexity index is 769. The summed E-state index contributed by atoms with van der Waals surface area (Å²) >= 11 is 0. The zero-order chi connectivity index (χ0) is 17.6. The number of aromatic hydroxyl groups is 1. The van der Waals surface area contributed by atoms with Crippen LogP contribution in [-0.2, 0) is 11.2 Å². The van der Waals surface area contributed by atoms with Gasteiger partial charge in [-0.2, -0.15) is 0 Å². The van der Waals surface area contributed by atoms with Gasteiger partial charge < -0.3 is 14.6 Å². The summed E-state index contributed by atoms with van der Waals surface area (Å²) in [5.41, 5.74) is 1.61. The van der Waals surface area contributed by atoms with Crippen LogP contribution < -0.4 is 4.74 Å². The number of hydrogen-bond donors (Lipinski definition) is 1. The number of rotatable bonds is 2. The maximum Gasteiger partial charge on any atom is 0.167 e. The molecule has 4 heteroatoms. The van der Waals surface area contributed by atoms with E-state index in [1.54, 1.807) is 6.07 Å². The van der Waals surface area contributed by atoms with Gasteiger partial charge in [0.15, 0.2) is 11.5 Å². The molecule has 0 aliphatic carbocycles. The molecule has 25 heavy (non-hydrogen) atoms. The SMILES string of the molecule is CC1(C)Oc2c(O)cccc2[C@H]2O[C@@H](Cc3ccc(F)cc3)CC[C@@H]21. The number of phenolic OH excluding ortho intramolecular Hbond substituents is 1. The number of benzene rings is 2. The average Bonchev–Trinajstić information content (AvgIpc) is 2.58. The average molecular weight is 342 g/mol. The summed E-state index contributed by atoms with van der Waals surface area (Å²) in [4.78, 5) is 0. The van der Waals surface area contributed by atoms with Crippen LogP contribution in [0, 0.1) is 11.7 Å². The summed E-state index contributed by atoms with van der Waals surface area (Å²) in [5.74, 6) is 0.722. The highest BCUT2D eigenvalue weighted by Crippen LogP contribution is 2.53. The molecular formula is C21H23FO3. The number of halogens is 1. The van der Waals surface area contributed by atoms with Crippen LogP contribution in [0.5, 0.6) is 11.5 Å². The Kier molecular flexibility index (Phi) is 3.95. The number of para-hydroxylation sites is 1. The van der Waals surface area contributed by atoms with E-state index in [1.165, 1.54) is 12.1 Å². The maximum atomic E-state index is 13.1. The van der Waals surface area contributed by atoms with Crippen LogP contribution in [0.15, 0.2) is 42.5 Å². The molecule has 0 spiro atoms. The molecule has 3 atom stereocenters. The quantitative estimate of drug-likeness (QED) is 0.853. The first-order valence-electron chi connectivity index (χ1n) is 8.85. The van der Waals surface area contributed by atoms with Crippen molar-refractivity contribution in [3.05, 3.63) is 59.4 Å². The molecule has 0 aromatic heterocycles. The van der Waals surface area contributed by atoms with Crippen molar-refractivity contribution < 1.29 is 19.0 Å². The lowest BCUT2D eigenvalue weighted by Gasteiger charge is -2.48. The minimum Gasteiger partial charge on any atom is -0.504 e.